The number of rotatable bonds is 6. The summed E-state index contributed by atoms with van der Waals surface area (Å²) in [5, 5.41) is 4.66. The first-order valence-corrected chi connectivity index (χ1v) is 10.8. The largest absolute Gasteiger partial charge is 0.369 e. The molecule has 1 aliphatic heterocycles. The summed E-state index contributed by atoms with van der Waals surface area (Å²) in [6, 6.07) is 7.53. The van der Waals surface area contributed by atoms with E-state index in [2.05, 4.69) is 10.3 Å². The maximum absolute atomic E-state index is 13.1. The molecule has 0 saturated carbocycles. The van der Waals surface area contributed by atoms with Gasteiger partial charge in [-0.15, -0.1) is 11.3 Å². The van der Waals surface area contributed by atoms with Crippen LogP contribution in [0.3, 0.4) is 0 Å². The van der Waals surface area contributed by atoms with E-state index >= 15 is 0 Å². The second kappa shape index (κ2) is 8.55. The van der Waals surface area contributed by atoms with Crippen LogP contribution in [-0.4, -0.2) is 28.2 Å². The van der Waals surface area contributed by atoms with Crippen molar-refractivity contribution in [1.82, 2.24) is 10.2 Å². The van der Waals surface area contributed by atoms with Crippen molar-refractivity contribution in [2.45, 2.75) is 52.2 Å². The number of nitrogens with zero attached hydrogens (tertiary/aromatic N) is 2. The van der Waals surface area contributed by atoms with Crippen LogP contribution in [0.25, 0.3) is 0 Å². The van der Waals surface area contributed by atoms with Crippen molar-refractivity contribution in [2.75, 3.05) is 0 Å². The molecule has 1 aromatic heterocycles. The lowest BCUT2D eigenvalue weighted by molar-refractivity contribution is -0.130. The van der Waals surface area contributed by atoms with E-state index in [9.17, 15) is 14.0 Å². The van der Waals surface area contributed by atoms with Crippen molar-refractivity contribution < 1.29 is 14.0 Å². The summed E-state index contributed by atoms with van der Waals surface area (Å²) in [4.78, 5) is 32.1. The Kier molecular flexibility index (Phi) is 6.26. The molecule has 0 fully saturated rings. The first kappa shape index (κ1) is 22.0. The third kappa shape index (κ3) is 4.70. The zero-order valence-electron chi connectivity index (χ0n) is 17.6. The number of amides is 2. The highest BCUT2D eigenvalue weighted by atomic mass is 32.1. The Balaban J connectivity index is 1.67. The topological polar surface area (TPSA) is 87.8 Å². The quantitative estimate of drug-likeness (QED) is 0.730. The van der Waals surface area contributed by atoms with Gasteiger partial charge in [0.1, 0.15) is 5.82 Å². The molecule has 0 bridgehead atoms. The van der Waals surface area contributed by atoms with Gasteiger partial charge in [0.2, 0.25) is 5.91 Å². The maximum atomic E-state index is 13.1. The van der Waals surface area contributed by atoms with Gasteiger partial charge < -0.3 is 11.1 Å². The summed E-state index contributed by atoms with van der Waals surface area (Å²) in [6.45, 7) is 8.12. The lowest BCUT2D eigenvalue weighted by Crippen LogP contribution is -2.51. The maximum Gasteiger partial charge on any atom is 0.252 e. The third-order valence-electron chi connectivity index (χ3n) is 5.65. The number of nitrogens with one attached hydrogen (secondary N) is 1. The summed E-state index contributed by atoms with van der Waals surface area (Å²) >= 11 is 1.39. The first-order chi connectivity index (χ1) is 14.1. The van der Waals surface area contributed by atoms with Gasteiger partial charge >= 0.3 is 0 Å². The molecule has 0 spiro atoms. The van der Waals surface area contributed by atoms with Gasteiger partial charge in [0.05, 0.1) is 30.1 Å². The van der Waals surface area contributed by atoms with Crippen molar-refractivity contribution >= 4 is 29.1 Å². The van der Waals surface area contributed by atoms with Crippen molar-refractivity contribution in [3.8, 4) is 0 Å². The van der Waals surface area contributed by atoms with Crippen molar-refractivity contribution in [3.63, 3.8) is 0 Å². The molecule has 1 aliphatic rings. The van der Waals surface area contributed by atoms with E-state index in [0.717, 1.165) is 10.4 Å². The van der Waals surface area contributed by atoms with Crippen LogP contribution in [-0.2, 0) is 11.3 Å². The molecule has 1 aromatic carbocycles. The number of benzene rings is 1. The van der Waals surface area contributed by atoms with Gasteiger partial charge in [0.25, 0.3) is 5.91 Å². The lowest BCUT2D eigenvalue weighted by Gasteiger charge is -2.37. The number of nitrogens with two attached hydrogens (primary N) is 1. The molecule has 160 valence electrons. The molecule has 0 radical (unpaired) electrons. The highest BCUT2D eigenvalue weighted by Gasteiger charge is 2.38. The summed E-state index contributed by atoms with van der Waals surface area (Å²) < 4.78 is 13.1. The molecule has 2 aromatic rings. The lowest BCUT2D eigenvalue weighted by atomic mass is 9.84. The molecule has 0 aliphatic carbocycles. The highest BCUT2D eigenvalue weighted by Crippen LogP contribution is 2.31. The minimum absolute atomic E-state index is 0.0666. The number of aliphatic imine (C=N–C) groups is 1. The van der Waals surface area contributed by atoms with Gasteiger partial charge in [0.15, 0.2) is 5.96 Å². The van der Waals surface area contributed by atoms with Gasteiger partial charge in [-0.1, -0.05) is 26.0 Å². The summed E-state index contributed by atoms with van der Waals surface area (Å²) in [6.07, 6.45) is 0.305. The van der Waals surface area contributed by atoms with Gasteiger partial charge in [0, 0.05) is 10.3 Å². The fourth-order valence-electron chi connectivity index (χ4n) is 3.25. The molecule has 0 saturated heterocycles. The van der Waals surface area contributed by atoms with Gasteiger partial charge in [-0.3, -0.25) is 14.5 Å². The van der Waals surface area contributed by atoms with E-state index in [1.165, 1.54) is 28.4 Å². The van der Waals surface area contributed by atoms with E-state index in [1.54, 1.807) is 23.6 Å². The van der Waals surface area contributed by atoms with Crippen LogP contribution in [0.2, 0.25) is 0 Å². The van der Waals surface area contributed by atoms with Crippen LogP contribution in [0.1, 0.15) is 61.0 Å². The fraction of sp³-hybridized carbons (Fsp3) is 0.409. The Morgan fingerprint density at radius 2 is 2.00 bits per heavy atom. The van der Waals surface area contributed by atoms with Crippen LogP contribution in [0, 0.1) is 11.7 Å². The molecular formula is C22H27FN4O2S. The minimum atomic E-state index is -0.491. The van der Waals surface area contributed by atoms with Crippen LogP contribution in [0.5, 0.6) is 0 Å². The fourth-order valence-corrected chi connectivity index (χ4v) is 4.10. The third-order valence-corrected chi connectivity index (χ3v) is 6.57. The molecular weight excluding hydrogens is 403 g/mol. The number of carbonyl (C=O) groups excluding carboxylic acids is 2. The first-order valence-electron chi connectivity index (χ1n) is 9.88. The van der Waals surface area contributed by atoms with Gasteiger partial charge in [-0.25, -0.2) is 9.38 Å². The smallest absolute Gasteiger partial charge is 0.252 e. The SMILES string of the molecule is CC(NC(=O)c1csc(CN2C(=O)CC(C)(C(C)C)N=C2N)c1)c1ccc(F)cc1. The zero-order chi connectivity index (χ0) is 22.1. The van der Waals surface area contributed by atoms with Crippen LogP contribution >= 0.6 is 11.3 Å². The Bertz CT molecular complexity index is 970. The number of guanidine groups is 1. The standard InChI is InChI=1S/C22H27FN4O2S/c1-13(2)22(4)10-19(28)27(21(24)26-22)11-18-9-16(12-30-18)20(29)25-14(3)15-5-7-17(23)8-6-15/h5-9,12-14H,10-11H2,1-4H3,(H2,24,26)(H,25,29). The number of thiophene rings is 1. The van der Waals surface area contributed by atoms with Crippen molar-refractivity contribution in [3.05, 3.63) is 57.5 Å². The van der Waals surface area contributed by atoms with Crippen LogP contribution in [0.15, 0.2) is 40.7 Å². The number of carbonyl (C=O) groups is 2. The van der Waals surface area contributed by atoms with E-state index < -0.39 is 5.54 Å². The predicted molar refractivity (Wildman–Crippen MR) is 117 cm³/mol. The predicted octanol–water partition coefficient (Wildman–Crippen LogP) is 3.84. The molecule has 2 unspecified atom stereocenters. The number of hydrogen-bond acceptors (Lipinski definition) is 5. The molecule has 3 N–H and O–H groups in total. The monoisotopic (exact) mass is 430 g/mol. The molecule has 2 heterocycles. The molecule has 2 atom stereocenters. The molecule has 2 amide bonds. The second-order valence-corrected chi connectivity index (χ2v) is 9.18. The average Bonchev–Trinajstić information content (AvgIpc) is 3.14. The normalized spacial score (nSPS) is 20.3. The minimum Gasteiger partial charge on any atom is -0.369 e. The van der Waals surface area contributed by atoms with Crippen molar-refractivity contribution in [2.24, 2.45) is 16.6 Å². The number of halogens is 1. The van der Waals surface area contributed by atoms with Gasteiger partial charge in [-0.2, -0.15) is 0 Å². The second-order valence-electron chi connectivity index (χ2n) is 8.19. The highest BCUT2D eigenvalue weighted by molar-refractivity contribution is 7.10. The Labute approximate surface area is 180 Å². The van der Waals surface area contributed by atoms with E-state index in [-0.39, 0.29) is 42.1 Å². The van der Waals surface area contributed by atoms with Crippen molar-refractivity contribution in [1.29, 1.82) is 0 Å². The van der Waals surface area contributed by atoms with Gasteiger partial charge in [-0.05, 0) is 43.5 Å². The van der Waals surface area contributed by atoms with E-state index in [0.29, 0.717) is 12.0 Å². The molecule has 8 heteroatoms. The van der Waals surface area contributed by atoms with Crippen LogP contribution < -0.4 is 11.1 Å². The molecule has 3 rings (SSSR count). The Morgan fingerprint density at radius 1 is 1.33 bits per heavy atom. The zero-order valence-corrected chi connectivity index (χ0v) is 18.4. The summed E-state index contributed by atoms with van der Waals surface area (Å²) in [5.74, 6) is -0.200. The number of hydrogen-bond donors (Lipinski definition) is 2. The van der Waals surface area contributed by atoms with Crippen LogP contribution in [0.4, 0.5) is 4.39 Å². The Morgan fingerprint density at radius 3 is 2.60 bits per heavy atom. The van der Waals surface area contributed by atoms with E-state index in [4.69, 9.17) is 5.73 Å². The average molecular weight is 431 g/mol. The Hall–Kier alpha value is -2.74. The van der Waals surface area contributed by atoms with E-state index in [1.807, 2.05) is 27.7 Å². The molecule has 30 heavy (non-hydrogen) atoms. The summed E-state index contributed by atoms with van der Waals surface area (Å²) in [5.41, 5.74) is 6.93. The molecule has 6 nitrogen and oxygen atoms in total. The summed E-state index contributed by atoms with van der Waals surface area (Å²) in [7, 11) is 0.